The Balaban J connectivity index is 2.02. The van der Waals surface area contributed by atoms with Crippen LogP contribution in [0, 0.1) is 11.8 Å². The van der Waals surface area contributed by atoms with Crippen LogP contribution >= 0.6 is 23.1 Å². The summed E-state index contributed by atoms with van der Waals surface area (Å²) >= 11 is 3.90. The van der Waals surface area contributed by atoms with Crippen LogP contribution < -0.4 is 5.73 Å². The Morgan fingerprint density at radius 2 is 2.11 bits per heavy atom. The zero-order valence-electron chi connectivity index (χ0n) is 11.0. The number of nitrogens with two attached hydrogens (primary N) is 1. The standard InChI is InChI=1S/C14H20N2S2/c1-11-8-16(9-12(2)18-11)10-14-13(4-3-6-15)5-7-17-14/h5,7,11-12H,6,8-10,15H2,1-2H3. The van der Waals surface area contributed by atoms with E-state index >= 15 is 0 Å². The van der Waals surface area contributed by atoms with E-state index in [2.05, 4.69) is 53.8 Å². The van der Waals surface area contributed by atoms with Crippen LogP contribution in [0.3, 0.4) is 0 Å². The third-order valence-corrected chi connectivity index (χ3v) is 5.07. The normalized spacial score (nSPS) is 24.6. The highest BCUT2D eigenvalue weighted by Crippen LogP contribution is 2.27. The van der Waals surface area contributed by atoms with E-state index in [1.54, 1.807) is 11.3 Å². The number of hydrogen-bond acceptors (Lipinski definition) is 4. The maximum atomic E-state index is 5.43. The van der Waals surface area contributed by atoms with Crippen LogP contribution in [0.25, 0.3) is 0 Å². The lowest BCUT2D eigenvalue weighted by Gasteiger charge is -2.34. The Kier molecular flexibility index (Phi) is 5.13. The molecule has 1 fully saturated rings. The summed E-state index contributed by atoms with van der Waals surface area (Å²) in [5, 5.41) is 3.58. The molecule has 0 aliphatic carbocycles. The summed E-state index contributed by atoms with van der Waals surface area (Å²) in [5.41, 5.74) is 6.59. The molecule has 1 aliphatic rings. The van der Waals surface area contributed by atoms with E-state index in [1.165, 1.54) is 18.0 Å². The Hall–Kier alpha value is -0.470. The second kappa shape index (κ2) is 6.63. The van der Waals surface area contributed by atoms with Crippen LogP contribution in [-0.4, -0.2) is 35.0 Å². The van der Waals surface area contributed by atoms with Gasteiger partial charge in [-0.1, -0.05) is 25.7 Å². The fourth-order valence-electron chi connectivity index (χ4n) is 2.34. The van der Waals surface area contributed by atoms with Crippen LogP contribution in [0.4, 0.5) is 0 Å². The monoisotopic (exact) mass is 280 g/mol. The number of nitrogens with zero attached hydrogens (tertiary/aromatic N) is 1. The van der Waals surface area contributed by atoms with Crippen molar-refractivity contribution in [1.82, 2.24) is 4.90 Å². The first-order valence-electron chi connectivity index (χ1n) is 6.32. The molecule has 1 saturated heterocycles. The largest absolute Gasteiger partial charge is 0.320 e. The lowest BCUT2D eigenvalue weighted by atomic mass is 10.2. The highest BCUT2D eigenvalue weighted by molar-refractivity contribution is 8.00. The van der Waals surface area contributed by atoms with Gasteiger partial charge in [0.1, 0.15) is 0 Å². The van der Waals surface area contributed by atoms with Crippen LogP contribution in [0.1, 0.15) is 24.3 Å². The van der Waals surface area contributed by atoms with E-state index in [0.717, 1.165) is 22.6 Å². The van der Waals surface area contributed by atoms with Crippen LogP contribution in [0.5, 0.6) is 0 Å². The summed E-state index contributed by atoms with van der Waals surface area (Å²) in [5.74, 6) is 6.12. The maximum absolute atomic E-state index is 5.43. The van der Waals surface area contributed by atoms with Gasteiger partial charge in [0.15, 0.2) is 0 Å². The molecule has 0 bridgehead atoms. The van der Waals surface area contributed by atoms with Gasteiger partial charge in [-0.2, -0.15) is 11.8 Å². The summed E-state index contributed by atoms with van der Waals surface area (Å²) in [4.78, 5) is 3.92. The van der Waals surface area contributed by atoms with Gasteiger partial charge in [0.2, 0.25) is 0 Å². The van der Waals surface area contributed by atoms with Gasteiger partial charge in [-0.3, -0.25) is 4.90 Å². The predicted octanol–water partition coefficient (Wildman–Crippen LogP) is 2.38. The zero-order valence-corrected chi connectivity index (χ0v) is 12.6. The second-order valence-electron chi connectivity index (χ2n) is 4.71. The van der Waals surface area contributed by atoms with Gasteiger partial charge in [-0.05, 0) is 11.4 Å². The van der Waals surface area contributed by atoms with E-state index in [1.807, 2.05) is 0 Å². The summed E-state index contributed by atoms with van der Waals surface area (Å²) < 4.78 is 0. The van der Waals surface area contributed by atoms with Gasteiger partial charge in [-0.25, -0.2) is 0 Å². The molecule has 2 rings (SSSR count). The van der Waals surface area contributed by atoms with Crippen molar-refractivity contribution in [1.29, 1.82) is 0 Å². The minimum Gasteiger partial charge on any atom is -0.320 e. The molecule has 2 nitrogen and oxygen atoms in total. The molecule has 2 atom stereocenters. The molecule has 4 heteroatoms. The molecule has 1 aliphatic heterocycles. The molecular weight excluding hydrogens is 260 g/mol. The third-order valence-electron chi connectivity index (χ3n) is 2.93. The molecule has 1 aromatic rings. The van der Waals surface area contributed by atoms with E-state index in [0.29, 0.717) is 6.54 Å². The third kappa shape index (κ3) is 3.76. The van der Waals surface area contributed by atoms with Crippen molar-refractivity contribution in [3.8, 4) is 11.8 Å². The molecule has 0 aromatic carbocycles. The Morgan fingerprint density at radius 1 is 1.39 bits per heavy atom. The van der Waals surface area contributed by atoms with E-state index in [9.17, 15) is 0 Å². The van der Waals surface area contributed by atoms with Gasteiger partial charge in [0.25, 0.3) is 0 Å². The Morgan fingerprint density at radius 3 is 2.78 bits per heavy atom. The van der Waals surface area contributed by atoms with Crippen molar-refractivity contribution >= 4 is 23.1 Å². The highest BCUT2D eigenvalue weighted by Gasteiger charge is 2.22. The average Bonchev–Trinajstić information content (AvgIpc) is 2.72. The molecule has 18 heavy (non-hydrogen) atoms. The summed E-state index contributed by atoms with van der Waals surface area (Å²) in [7, 11) is 0. The molecule has 0 spiro atoms. The molecule has 2 N–H and O–H groups in total. The Bertz CT molecular complexity index is 434. The van der Waals surface area contributed by atoms with E-state index < -0.39 is 0 Å². The molecule has 0 saturated carbocycles. The van der Waals surface area contributed by atoms with Gasteiger partial charge in [0.05, 0.1) is 6.54 Å². The van der Waals surface area contributed by atoms with Crippen LogP contribution in [0.2, 0.25) is 0 Å². The number of hydrogen-bond donors (Lipinski definition) is 1. The molecule has 2 unspecified atom stereocenters. The zero-order chi connectivity index (χ0) is 13.0. The van der Waals surface area contributed by atoms with Crippen molar-refractivity contribution in [2.24, 2.45) is 5.73 Å². The van der Waals surface area contributed by atoms with Gasteiger partial charge >= 0.3 is 0 Å². The molecule has 0 amide bonds. The fourth-order valence-corrected chi connectivity index (χ4v) is 4.60. The van der Waals surface area contributed by atoms with Crippen LogP contribution in [0.15, 0.2) is 11.4 Å². The minimum atomic E-state index is 0.434. The van der Waals surface area contributed by atoms with Crippen molar-refractivity contribution < 1.29 is 0 Å². The van der Waals surface area contributed by atoms with Crippen LogP contribution in [-0.2, 0) is 6.54 Å². The maximum Gasteiger partial charge on any atom is 0.0555 e. The van der Waals surface area contributed by atoms with E-state index in [4.69, 9.17) is 5.73 Å². The lowest BCUT2D eigenvalue weighted by Crippen LogP contribution is -2.39. The topological polar surface area (TPSA) is 29.3 Å². The molecule has 2 heterocycles. The quantitative estimate of drug-likeness (QED) is 0.844. The van der Waals surface area contributed by atoms with Crippen molar-refractivity contribution in [2.45, 2.75) is 30.9 Å². The molecule has 0 radical (unpaired) electrons. The van der Waals surface area contributed by atoms with E-state index in [-0.39, 0.29) is 0 Å². The molecular formula is C14H20N2S2. The molecule has 1 aromatic heterocycles. The van der Waals surface area contributed by atoms with Gasteiger partial charge < -0.3 is 5.73 Å². The summed E-state index contributed by atoms with van der Waals surface area (Å²) in [6, 6.07) is 2.11. The highest BCUT2D eigenvalue weighted by atomic mass is 32.2. The molecule has 98 valence electrons. The summed E-state index contributed by atoms with van der Waals surface area (Å²) in [6.07, 6.45) is 0. The number of rotatable bonds is 2. The Labute approximate surface area is 118 Å². The first-order valence-corrected chi connectivity index (χ1v) is 8.14. The SMILES string of the molecule is CC1CN(Cc2sccc2C#CCN)CC(C)S1. The smallest absolute Gasteiger partial charge is 0.0555 e. The van der Waals surface area contributed by atoms with Gasteiger partial charge in [-0.15, -0.1) is 11.3 Å². The minimum absolute atomic E-state index is 0.434. The van der Waals surface area contributed by atoms with Crippen molar-refractivity contribution in [3.05, 3.63) is 21.9 Å². The van der Waals surface area contributed by atoms with Gasteiger partial charge in [0, 0.05) is 40.6 Å². The van der Waals surface area contributed by atoms with Crippen molar-refractivity contribution in [2.75, 3.05) is 19.6 Å². The predicted molar refractivity (Wildman–Crippen MR) is 82.0 cm³/mol. The summed E-state index contributed by atoms with van der Waals surface area (Å²) in [6.45, 7) is 8.45. The average molecular weight is 280 g/mol. The number of thioether (sulfide) groups is 1. The first-order chi connectivity index (χ1) is 8.69. The lowest BCUT2D eigenvalue weighted by molar-refractivity contribution is 0.265. The fraction of sp³-hybridized carbons (Fsp3) is 0.571. The first kappa shape index (κ1) is 14.0. The second-order valence-corrected chi connectivity index (χ2v) is 7.60. The number of thiophene rings is 1. The van der Waals surface area contributed by atoms with Crippen molar-refractivity contribution in [3.63, 3.8) is 0 Å².